The summed E-state index contributed by atoms with van der Waals surface area (Å²) >= 11 is 1.94. The van der Waals surface area contributed by atoms with Crippen molar-refractivity contribution in [3.05, 3.63) is 29.3 Å². The van der Waals surface area contributed by atoms with Gasteiger partial charge in [-0.2, -0.15) is 0 Å². The molecule has 1 N–H and O–H groups in total. The quantitative estimate of drug-likeness (QED) is 0.786. The van der Waals surface area contributed by atoms with Crippen molar-refractivity contribution in [3.8, 4) is 0 Å². The van der Waals surface area contributed by atoms with E-state index in [1.807, 2.05) is 18.8 Å². The summed E-state index contributed by atoms with van der Waals surface area (Å²) < 4.78 is 0.276. The molecule has 0 aliphatic heterocycles. The molecule has 1 aromatic rings. The van der Waals surface area contributed by atoms with E-state index in [2.05, 4.69) is 51.2 Å². The number of benzene rings is 1. The van der Waals surface area contributed by atoms with E-state index in [4.69, 9.17) is 0 Å². The summed E-state index contributed by atoms with van der Waals surface area (Å²) in [5.74, 6) is 0. The number of aryl methyl sites for hydroxylation is 1. The molecule has 0 saturated heterocycles. The van der Waals surface area contributed by atoms with Crippen molar-refractivity contribution in [2.45, 2.75) is 43.9 Å². The van der Waals surface area contributed by atoms with Crippen LogP contribution in [0.4, 0.5) is 0 Å². The highest BCUT2D eigenvalue weighted by Gasteiger charge is 2.14. The van der Waals surface area contributed by atoms with Crippen molar-refractivity contribution in [2.75, 3.05) is 7.05 Å². The predicted octanol–water partition coefficient (Wildman–Crippen LogP) is 3.61. The summed E-state index contributed by atoms with van der Waals surface area (Å²) in [6, 6.07) is 6.69. The Labute approximate surface area is 97.7 Å². The van der Waals surface area contributed by atoms with E-state index in [0.29, 0.717) is 0 Å². The van der Waals surface area contributed by atoms with Crippen LogP contribution in [0.1, 0.15) is 31.9 Å². The van der Waals surface area contributed by atoms with Gasteiger partial charge in [0.05, 0.1) is 0 Å². The fourth-order valence-electron chi connectivity index (χ4n) is 1.47. The summed E-state index contributed by atoms with van der Waals surface area (Å²) in [6.07, 6.45) is 0. The van der Waals surface area contributed by atoms with Crippen LogP contribution in [0, 0.1) is 6.92 Å². The van der Waals surface area contributed by atoms with Crippen molar-refractivity contribution >= 4 is 11.8 Å². The molecule has 0 spiro atoms. The van der Waals surface area contributed by atoms with E-state index >= 15 is 0 Å². The Morgan fingerprint density at radius 2 is 1.93 bits per heavy atom. The average molecular weight is 223 g/mol. The molecule has 0 unspecified atom stereocenters. The Hall–Kier alpha value is -0.470. The third-order valence-corrected chi connectivity index (χ3v) is 3.23. The van der Waals surface area contributed by atoms with Gasteiger partial charge in [0.25, 0.3) is 0 Å². The number of hydrogen-bond donors (Lipinski definition) is 1. The molecule has 0 heterocycles. The average Bonchev–Trinajstić information content (AvgIpc) is 2.08. The molecular weight excluding hydrogens is 202 g/mol. The number of thioether (sulfide) groups is 1. The summed E-state index contributed by atoms with van der Waals surface area (Å²) in [5, 5.41) is 3.22. The van der Waals surface area contributed by atoms with E-state index in [-0.39, 0.29) is 4.75 Å². The van der Waals surface area contributed by atoms with Crippen molar-refractivity contribution in [3.63, 3.8) is 0 Å². The van der Waals surface area contributed by atoms with E-state index < -0.39 is 0 Å². The predicted molar refractivity (Wildman–Crippen MR) is 69.6 cm³/mol. The van der Waals surface area contributed by atoms with Crippen molar-refractivity contribution in [1.29, 1.82) is 0 Å². The van der Waals surface area contributed by atoms with Crippen molar-refractivity contribution in [2.24, 2.45) is 0 Å². The van der Waals surface area contributed by atoms with Crippen molar-refractivity contribution < 1.29 is 0 Å². The molecule has 0 bridgehead atoms. The Morgan fingerprint density at radius 3 is 2.47 bits per heavy atom. The van der Waals surface area contributed by atoms with E-state index in [1.54, 1.807) is 0 Å². The fourth-order valence-corrected chi connectivity index (χ4v) is 2.52. The van der Waals surface area contributed by atoms with Crippen LogP contribution in [0.3, 0.4) is 0 Å². The third-order valence-electron chi connectivity index (χ3n) is 2.00. The van der Waals surface area contributed by atoms with E-state index in [9.17, 15) is 0 Å². The van der Waals surface area contributed by atoms with Gasteiger partial charge in [-0.15, -0.1) is 11.8 Å². The fraction of sp³-hybridized carbons (Fsp3) is 0.538. The first-order valence-electron chi connectivity index (χ1n) is 5.35. The molecule has 0 saturated carbocycles. The molecule has 1 aromatic carbocycles. The number of hydrogen-bond acceptors (Lipinski definition) is 2. The third kappa shape index (κ3) is 4.27. The largest absolute Gasteiger partial charge is 0.316 e. The topological polar surface area (TPSA) is 12.0 Å². The normalized spacial score (nSPS) is 11.8. The standard InChI is InChI=1S/C13H21NS/c1-10-6-7-12(15-13(2,3)4)11(8-10)9-14-5/h6-8,14H,9H2,1-5H3. The van der Waals surface area contributed by atoms with Gasteiger partial charge in [-0.1, -0.05) is 38.5 Å². The van der Waals surface area contributed by atoms with Crippen molar-refractivity contribution in [1.82, 2.24) is 5.32 Å². The molecule has 1 rings (SSSR count). The zero-order chi connectivity index (χ0) is 11.5. The van der Waals surface area contributed by atoms with Crippen LogP contribution in [0.15, 0.2) is 23.1 Å². The molecule has 0 amide bonds. The molecule has 0 aliphatic carbocycles. The first kappa shape index (κ1) is 12.6. The minimum absolute atomic E-state index is 0.276. The highest BCUT2D eigenvalue weighted by Crippen LogP contribution is 2.34. The molecule has 15 heavy (non-hydrogen) atoms. The Balaban J connectivity index is 2.95. The summed E-state index contributed by atoms with van der Waals surface area (Å²) in [7, 11) is 1.99. The van der Waals surface area contributed by atoms with Gasteiger partial charge in [-0.05, 0) is 25.6 Å². The van der Waals surface area contributed by atoms with Gasteiger partial charge in [-0.25, -0.2) is 0 Å². The van der Waals surface area contributed by atoms with Crippen LogP contribution in [-0.2, 0) is 6.54 Å². The van der Waals surface area contributed by atoms with Crippen LogP contribution in [0.25, 0.3) is 0 Å². The SMILES string of the molecule is CNCc1cc(C)ccc1SC(C)(C)C. The van der Waals surface area contributed by atoms with Gasteiger partial charge in [0.2, 0.25) is 0 Å². The molecule has 84 valence electrons. The summed E-state index contributed by atoms with van der Waals surface area (Å²) in [6.45, 7) is 9.84. The zero-order valence-corrected chi connectivity index (χ0v) is 11.2. The molecular formula is C13H21NS. The Kier molecular flexibility index (Phi) is 4.23. The molecule has 0 atom stereocenters. The lowest BCUT2D eigenvalue weighted by Crippen LogP contribution is -2.10. The number of rotatable bonds is 3. The van der Waals surface area contributed by atoms with Gasteiger partial charge in [0, 0.05) is 16.2 Å². The lowest BCUT2D eigenvalue weighted by Gasteiger charge is -2.20. The van der Waals surface area contributed by atoms with E-state index in [0.717, 1.165) is 6.54 Å². The highest BCUT2D eigenvalue weighted by molar-refractivity contribution is 8.00. The second-order valence-electron chi connectivity index (χ2n) is 4.86. The first-order chi connectivity index (χ1) is 6.92. The molecule has 0 aliphatic rings. The van der Waals surface area contributed by atoms with Crippen LogP contribution in [0.2, 0.25) is 0 Å². The first-order valence-corrected chi connectivity index (χ1v) is 6.17. The van der Waals surface area contributed by atoms with Gasteiger partial charge in [0.1, 0.15) is 0 Å². The molecule has 0 aromatic heterocycles. The monoisotopic (exact) mass is 223 g/mol. The highest BCUT2D eigenvalue weighted by atomic mass is 32.2. The molecule has 1 nitrogen and oxygen atoms in total. The maximum absolute atomic E-state index is 3.22. The molecule has 2 heteroatoms. The lowest BCUT2D eigenvalue weighted by molar-refractivity contribution is 0.785. The Bertz CT molecular complexity index is 326. The van der Waals surface area contributed by atoms with Gasteiger partial charge in [0.15, 0.2) is 0 Å². The minimum atomic E-state index is 0.276. The number of nitrogens with one attached hydrogen (secondary N) is 1. The zero-order valence-electron chi connectivity index (χ0n) is 10.3. The summed E-state index contributed by atoms with van der Waals surface area (Å²) in [4.78, 5) is 1.39. The maximum atomic E-state index is 3.22. The van der Waals surface area contributed by atoms with E-state index in [1.165, 1.54) is 16.0 Å². The van der Waals surface area contributed by atoms with Crippen LogP contribution < -0.4 is 5.32 Å². The molecule has 0 radical (unpaired) electrons. The Morgan fingerprint density at radius 1 is 1.27 bits per heavy atom. The van der Waals surface area contributed by atoms with Crippen LogP contribution >= 0.6 is 11.8 Å². The maximum Gasteiger partial charge on any atom is 0.0213 e. The van der Waals surface area contributed by atoms with Crippen LogP contribution in [-0.4, -0.2) is 11.8 Å². The lowest BCUT2D eigenvalue weighted by atomic mass is 10.1. The van der Waals surface area contributed by atoms with Gasteiger partial charge < -0.3 is 5.32 Å². The van der Waals surface area contributed by atoms with Crippen LogP contribution in [0.5, 0.6) is 0 Å². The molecule has 0 fully saturated rings. The minimum Gasteiger partial charge on any atom is -0.316 e. The van der Waals surface area contributed by atoms with Gasteiger partial charge >= 0.3 is 0 Å². The second kappa shape index (κ2) is 5.04. The summed E-state index contributed by atoms with van der Waals surface area (Å²) in [5.41, 5.74) is 2.73. The second-order valence-corrected chi connectivity index (χ2v) is 6.72. The van der Waals surface area contributed by atoms with Gasteiger partial charge in [-0.3, -0.25) is 0 Å². The smallest absolute Gasteiger partial charge is 0.0213 e.